The van der Waals surface area contributed by atoms with Gasteiger partial charge in [-0.3, -0.25) is 4.79 Å². The summed E-state index contributed by atoms with van der Waals surface area (Å²) in [6, 6.07) is 7.61. The molecule has 1 aromatic heterocycles. The van der Waals surface area contributed by atoms with Crippen LogP contribution in [0.1, 0.15) is 24.2 Å². The summed E-state index contributed by atoms with van der Waals surface area (Å²) in [4.78, 5) is 23.5. The van der Waals surface area contributed by atoms with Crippen LogP contribution >= 0.6 is 39.5 Å². The van der Waals surface area contributed by atoms with E-state index in [-0.39, 0.29) is 17.6 Å². The second-order valence-corrected chi connectivity index (χ2v) is 6.92. The summed E-state index contributed by atoms with van der Waals surface area (Å²) in [5.41, 5.74) is 2.03. The Bertz CT molecular complexity index is 772. The van der Waals surface area contributed by atoms with E-state index in [0.29, 0.717) is 10.6 Å². The molecule has 0 aliphatic carbocycles. The quantitative estimate of drug-likeness (QED) is 0.566. The molecule has 0 radical (unpaired) electrons. The van der Waals surface area contributed by atoms with Gasteiger partial charge in [0.1, 0.15) is 10.6 Å². The summed E-state index contributed by atoms with van der Waals surface area (Å²) >= 11 is 9.79. The van der Waals surface area contributed by atoms with Gasteiger partial charge in [0.25, 0.3) is 0 Å². The highest BCUT2D eigenvalue weighted by molar-refractivity contribution is 9.10. The van der Waals surface area contributed by atoms with Crippen LogP contribution in [0.15, 0.2) is 34.1 Å². The molecule has 0 saturated heterocycles. The molecular weight excluding hydrogens is 412 g/mol. The smallest absolute Gasteiger partial charge is 0.341 e. The van der Waals surface area contributed by atoms with E-state index in [1.807, 2.05) is 29.6 Å². The molecule has 1 aromatic carbocycles. The molecule has 1 heterocycles. The van der Waals surface area contributed by atoms with Gasteiger partial charge in [-0.15, -0.1) is 11.3 Å². The van der Waals surface area contributed by atoms with E-state index in [1.54, 1.807) is 6.92 Å². The number of amides is 1. The zero-order valence-electron chi connectivity index (χ0n) is 13.0. The van der Waals surface area contributed by atoms with Crippen LogP contribution in [0, 0.1) is 0 Å². The van der Waals surface area contributed by atoms with E-state index in [9.17, 15) is 9.59 Å². The van der Waals surface area contributed by atoms with Gasteiger partial charge in [0.05, 0.1) is 6.61 Å². The number of esters is 1. The lowest BCUT2D eigenvalue weighted by atomic mass is 10.0. The Morgan fingerprint density at radius 3 is 2.54 bits per heavy atom. The number of rotatable bonds is 4. The Hall–Kier alpha value is -1.77. The van der Waals surface area contributed by atoms with Crippen LogP contribution in [-0.2, 0) is 9.53 Å². The van der Waals surface area contributed by atoms with Gasteiger partial charge in [-0.1, -0.05) is 28.1 Å². The normalized spacial score (nSPS) is 10.1. The van der Waals surface area contributed by atoms with Crippen LogP contribution in [0.5, 0.6) is 0 Å². The number of carbonyl (C=O) groups excluding carboxylic acids is 2. The lowest BCUT2D eigenvalue weighted by molar-refractivity contribution is -0.117. The number of hydrogen-bond donors (Lipinski definition) is 2. The minimum atomic E-state index is -0.440. The fourth-order valence-corrected chi connectivity index (χ4v) is 3.53. The number of carbonyl (C=O) groups is 2. The Balaban J connectivity index is 2.41. The molecule has 1 amide bonds. The first kappa shape index (κ1) is 18.6. The van der Waals surface area contributed by atoms with Gasteiger partial charge in [0.15, 0.2) is 5.11 Å². The Morgan fingerprint density at radius 2 is 1.96 bits per heavy atom. The molecule has 0 bridgehead atoms. The van der Waals surface area contributed by atoms with Crippen molar-refractivity contribution in [3.63, 3.8) is 0 Å². The highest BCUT2D eigenvalue weighted by atomic mass is 79.9. The van der Waals surface area contributed by atoms with Crippen molar-refractivity contribution in [2.45, 2.75) is 13.8 Å². The van der Waals surface area contributed by atoms with Gasteiger partial charge in [0.2, 0.25) is 5.91 Å². The van der Waals surface area contributed by atoms with Gasteiger partial charge in [-0.05, 0) is 36.8 Å². The maximum atomic E-state index is 12.4. The number of halogens is 1. The van der Waals surface area contributed by atoms with Crippen molar-refractivity contribution in [3.05, 3.63) is 39.7 Å². The van der Waals surface area contributed by atoms with Crippen molar-refractivity contribution in [2.75, 3.05) is 11.9 Å². The van der Waals surface area contributed by atoms with Crippen molar-refractivity contribution in [1.82, 2.24) is 5.32 Å². The summed E-state index contributed by atoms with van der Waals surface area (Å²) in [5, 5.41) is 7.89. The third-order valence-corrected chi connectivity index (χ3v) is 4.57. The van der Waals surface area contributed by atoms with Crippen LogP contribution in [0.4, 0.5) is 5.00 Å². The molecule has 0 spiro atoms. The zero-order chi connectivity index (χ0) is 17.7. The van der Waals surface area contributed by atoms with Gasteiger partial charge in [-0.2, -0.15) is 0 Å². The molecule has 2 rings (SSSR count). The maximum Gasteiger partial charge on any atom is 0.341 e. The topological polar surface area (TPSA) is 67.4 Å². The fourth-order valence-electron chi connectivity index (χ4n) is 1.99. The second-order valence-electron chi connectivity index (χ2n) is 4.72. The predicted molar refractivity (Wildman–Crippen MR) is 103 cm³/mol. The Kier molecular flexibility index (Phi) is 6.47. The van der Waals surface area contributed by atoms with E-state index < -0.39 is 5.97 Å². The van der Waals surface area contributed by atoms with Crippen LogP contribution in [0.25, 0.3) is 11.1 Å². The monoisotopic (exact) mass is 426 g/mol. The molecule has 2 aromatic rings. The van der Waals surface area contributed by atoms with Gasteiger partial charge in [-0.25, -0.2) is 4.79 Å². The second kappa shape index (κ2) is 8.36. The van der Waals surface area contributed by atoms with Crippen molar-refractivity contribution in [2.24, 2.45) is 0 Å². The Labute approximate surface area is 157 Å². The Morgan fingerprint density at radius 1 is 1.29 bits per heavy atom. The predicted octanol–water partition coefficient (Wildman–Crippen LogP) is 4.19. The standard InChI is InChI=1S/C16H15BrN2O3S2/c1-3-22-15(21)13-12(10-4-6-11(17)7-5-10)8-24-14(13)19-16(23)18-9(2)20/h4-8H,3H2,1-2H3,(H2,18,19,20,23). The van der Waals surface area contributed by atoms with Gasteiger partial charge >= 0.3 is 5.97 Å². The molecule has 8 heteroatoms. The van der Waals surface area contributed by atoms with Crippen molar-refractivity contribution >= 4 is 61.5 Å². The molecule has 126 valence electrons. The van der Waals surface area contributed by atoms with Gasteiger partial charge in [0, 0.05) is 22.3 Å². The van der Waals surface area contributed by atoms with E-state index in [1.165, 1.54) is 18.3 Å². The van der Waals surface area contributed by atoms with Crippen LogP contribution in [0.2, 0.25) is 0 Å². The minimum Gasteiger partial charge on any atom is -0.462 e. The van der Waals surface area contributed by atoms with E-state index in [2.05, 4.69) is 26.6 Å². The maximum absolute atomic E-state index is 12.4. The SMILES string of the molecule is CCOC(=O)c1c(-c2ccc(Br)cc2)csc1NC(=S)NC(C)=O. The van der Waals surface area contributed by atoms with Crippen LogP contribution < -0.4 is 10.6 Å². The zero-order valence-corrected chi connectivity index (χ0v) is 16.2. The molecule has 24 heavy (non-hydrogen) atoms. The highest BCUT2D eigenvalue weighted by Gasteiger charge is 2.22. The molecule has 0 atom stereocenters. The third-order valence-electron chi connectivity index (χ3n) is 2.94. The first-order valence-electron chi connectivity index (χ1n) is 7.05. The van der Waals surface area contributed by atoms with Crippen molar-refractivity contribution in [1.29, 1.82) is 0 Å². The number of hydrogen-bond acceptors (Lipinski definition) is 5. The summed E-state index contributed by atoms with van der Waals surface area (Å²) in [7, 11) is 0. The summed E-state index contributed by atoms with van der Waals surface area (Å²) in [5.74, 6) is -0.723. The van der Waals surface area contributed by atoms with Crippen LogP contribution in [0.3, 0.4) is 0 Å². The molecule has 0 saturated carbocycles. The van der Waals surface area contributed by atoms with E-state index in [0.717, 1.165) is 15.6 Å². The summed E-state index contributed by atoms with van der Waals surface area (Å²) in [6.07, 6.45) is 0. The fraction of sp³-hybridized carbons (Fsp3) is 0.188. The first-order chi connectivity index (χ1) is 11.4. The third kappa shape index (κ3) is 4.62. The molecule has 5 nitrogen and oxygen atoms in total. The van der Waals surface area contributed by atoms with E-state index >= 15 is 0 Å². The lowest BCUT2D eigenvalue weighted by Gasteiger charge is -2.10. The largest absolute Gasteiger partial charge is 0.462 e. The molecule has 0 aliphatic heterocycles. The summed E-state index contributed by atoms with van der Waals surface area (Å²) < 4.78 is 6.11. The molecule has 0 fully saturated rings. The highest BCUT2D eigenvalue weighted by Crippen LogP contribution is 2.36. The number of thiophene rings is 1. The average Bonchev–Trinajstić information content (AvgIpc) is 2.91. The van der Waals surface area contributed by atoms with Crippen LogP contribution in [-0.4, -0.2) is 23.6 Å². The number of thiocarbonyl (C=S) groups is 1. The minimum absolute atomic E-state index is 0.136. The molecular formula is C16H15BrN2O3S2. The number of benzene rings is 1. The number of nitrogens with one attached hydrogen (secondary N) is 2. The van der Waals surface area contributed by atoms with Gasteiger partial charge < -0.3 is 15.4 Å². The number of ether oxygens (including phenoxy) is 1. The average molecular weight is 427 g/mol. The van der Waals surface area contributed by atoms with Crippen molar-refractivity contribution in [3.8, 4) is 11.1 Å². The molecule has 2 N–H and O–H groups in total. The first-order valence-corrected chi connectivity index (χ1v) is 9.13. The van der Waals surface area contributed by atoms with E-state index in [4.69, 9.17) is 17.0 Å². The number of anilines is 1. The molecule has 0 unspecified atom stereocenters. The summed E-state index contributed by atoms with van der Waals surface area (Å²) in [6.45, 7) is 3.38. The molecule has 0 aliphatic rings. The lowest BCUT2D eigenvalue weighted by Crippen LogP contribution is -2.32. The van der Waals surface area contributed by atoms with Crippen molar-refractivity contribution < 1.29 is 14.3 Å².